The fourth-order valence-corrected chi connectivity index (χ4v) is 17.4. The van der Waals surface area contributed by atoms with Gasteiger partial charge in [0.1, 0.15) is 0 Å². The highest BCUT2D eigenvalue weighted by atomic mass is 28.3. The Labute approximate surface area is 366 Å². The third-order valence-electron chi connectivity index (χ3n) is 14.2. The molecule has 0 bridgehead atoms. The minimum absolute atomic E-state index is 1.15. The first kappa shape index (κ1) is 34.7. The van der Waals surface area contributed by atoms with Crippen LogP contribution in [0.1, 0.15) is 0 Å². The minimum Gasteiger partial charge on any atom is -0.309 e. The van der Waals surface area contributed by atoms with Gasteiger partial charge >= 0.3 is 0 Å². The summed E-state index contributed by atoms with van der Waals surface area (Å²) in [4.78, 5) is 0. The number of aromatic nitrogens is 2. The van der Waals surface area contributed by atoms with E-state index in [0.717, 1.165) is 11.4 Å². The van der Waals surface area contributed by atoms with Crippen LogP contribution in [-0.4, -0.2) is 17.2 Å². The molecule has 3 heteroatoms. The molecule has 0 atom stereocenters. The fourth-order valence-electron chi connectivity index (χ4n) is 11.8. The topological polar surface area (TPSA) is 9.86 Å². The first-order chi connectivity index (χ1) is 31.3. The molecular weight excluding hydrogens is 777 g/mol. The Balaban J connectivity index is 1.10. The molecule has 0 saturated heterocycles. The van der Waals surface area contributed by atoms with Crippen molar-refractivity contribution in [3.63, 3.8) is 0 Å². The highest BCUT2D eigenvalue weighted by Gasteiger charge is 2.50. The molecule has 2 aliphatic rings. The van der Waals surface area contributed by atoms with Crippen LogP contribution in [0.25, 0.3) is 99.5 Å². The first-order valence-corrected chi connectivity index (χ1v) is 23.9. The monoisotopic (exact) mass is 814 g/mol. The van der Waals surface area contributed by atoms with Gasteiger partial charge in [0.2, 0.25) is 0 Å². The second-order valence-corrected chi connectivity index (χ2v) is 20.8. The maximum atomic E-state index is 2.51. The summed E-state index contributed by atoms with van der Waals surface area (Å²) in [6.07, 6.45) is 0. The van der Waals surface area contributed by atoms with E-state index in [1.165, 1.54) is 109 Å². The van der Waals surface area contributed by atoms with Gasteiger partial charge < -0.3 is 9.13 Å². The predicted octanol–water partition coefficient (Wildman–Crippen LogP) is 12.6. The van der Waals surface area contributed by atoms with E-state index in [2.05, 4.69) is 240 Å². The molecule has 0 N–H and O–H groups in total. The van der Waals surface area contributed by atoms with Crippen LogP contribution in [-0.2, 0) is 0 Å². The van der Waals surface area contributed by atoms with E-state index in [0.29, 0.717) is 0 Å². The zero-order valence-electron chi connectivity index (χ0n) is 34.3. The van der Waals surface area contributed by atoms with Crippen LogP contribution in [0.15, 0.2) is 231 Å². The van der Waals surface area contributed by atoms with E-state index in [-0.39, 0.29) is 0 Å². The normalized spacial score (nSPS) is 13.2. The number of hydrogen-bond donors (Lipinski definition) is 0. The van der Waals surface area contributed by atoms with Crippen LogP contribution < -0.4 is 20.7 Å². The van der Waals surface area contributed by atoms with E-state index >= 15 is 0 Å². The van der Waals surface area contributed by atoms with Crippen LogP contribution in [0.2, 0.25) is 0 Å². The molecule has 14 rings (SSSR count). The summed E-state index contributed by atoms with van der Waals surface area (Å²) in [7, 11) is -3.01. The number of rotatable bonds is 2. The van der Waals surface area contributed by atoms with E-state index in [1.807, 2.05) is 0 Å². The van der Waals surface area contributed by atoms with Crippen molar-refractivity contribution in [2.75, 3.05) is 0 Å². The van der Waals surface area contributed by atoms with Crippen molar-refractivity contribution in [2.24, 2.45) is 0 Å². The molecule has 10 aromatic carbocycles. The Morgan fingerprint density at radius 1 is 0.254 bits per heavy atom. The summed E-state index contributed by atoms with van der Waals surface area (Å²) in [6, 6.07) is 87.0. The molecule has 0 saturated carbocycles. The highest BCUT2D eigenvalue weighted by Crippen LogP contribution is 2.45. The zero-order valence-corrected chi connectivity index (χ0v) is 35.3. The zero-order chi connectivity index (χ0) is 41.2. The summed E-state index contributed by atoms with van der Waals surface area (Å²) in [6.45, 7) is 0. The number of nitrogens with zero attached hydrogens (tertiary/aromatic N) is 2. The molecule has 63 heavy (non-hydrogen) atoms. The Bertz CT molecular complexity index is 3800. The van der Waals surface area contributed by atoms with Gasteiger partial charge in [-0.15, -0.1) is 0 Å². The second kappa shape index (κ2) is 13.0. The van der Waals surface area contributed by atoms with Gasteiger partial charge in [-0.05, 0) is 108 Å². The first-order valence-electron chi connectivity index (χ1n) is 21.9. The molecule has 0 fully saturated rings. The molecule has 12 aromatic rings. The van der Waals surface area contributed by atoms with Crippen molar-refractivity contribution in [3.05, 3.63) is 231 Å². The molecule has 4 heterocycles. The van der Waals surface area contributed by atoms with Crippen LogP contribution >= 0.6 is 0 Å². The molecule has 2 aromatic heterocycles. The number of fused-ring (bicyclic) bond motifs is 21. The van der Waals surface area contributed by atoms with Crippen molar-refractivity contribution in [3.8, 4) is 55.9 Å². The number of hydrogen-bond acceptors (Lipinski definition) is 0. The summed E-state index contributed by atoms with van der Waals surface area (Å²) in [5, 5.41) is 10.8. The van der Waals surface area contributed by atoms with Crippen molar-refractivity contribution < 1.29 is 0 Å². The largest absolute Gasteiger partial charge is 0.309 e. The van der Waals surface area contributed by atoms with Gasteiger partial charge in [-0.2, -0.15) is 0 Å². The minimum atomic E-state index is -3.01. The molecule has 1 spiro atoms. The van der Waals surface area contributed by atoms with Crippen molar-refractivity contribution in [1.82, 2.24) is 9.13 Å². The Morgan fingerprint density at radius 3 is 1.29 bits per heavy atom. The van der Waals surface area contributed by atoms with Crippen molar-refractivity contribution in [1.29, 1.82) is 0 Å². The van der Waals surface area contributed by atoms with Crippen LogP contribution in [0, 0.1) is 0 Å². The summed E-state index contributed by atoms with van der Waals surface area (Å²) in [5.74, 6) is 0. The van der Waals surface area contributed by atoms with E-state index in [9.17, 15) is 0 Å². The molecule has 2 nitrogen and oxygen atoms in total. The smallest absolute Gasteiger partial charge is 0.182 e. The molecular formula is C60H38N2Si. The number of para-hydroxylation sites is 3. The van der Waals surface area contributed by atoms with E-state index in [1.54, 1.807) is 0 Å². The quantitative estimate of drug-likeness (QED) is 0.154. The van der Waals surface area contributed by atoms with Gasteiger partial charge in [-0.1, -0.05) is 188 Å². The highest BCUT2D eigenvalue weighted by molar-refractivity contribution is 7.22. The second-order valence-electron chi connectivity index (χ2n) is 17.1. The lowest BCUT2D eigenvalue weighted by atomic mass is 9.94. The molecule has 0 amide bonds. The van der Waals surface area contributed by atoms with E-state index < -0.39 is 8.07 Å². The van der Waals surface area contributed by atoms with Gasteiger partial charge in [0.15, 0.2) is 8.07 Å². The van der Waals surface area contributed by atoms with Crippen LogP contribution in [0.4, 0.5) is 0 Å². The molecule has 0 unspecified atom stereocenters. The standard InChI is InChI=1S/C60H38N2Si/c1-2-18-39(19-3-1)62-52-28-12-6-22-44(52)49-36-37-54-59(60(49)62)50-27-7-13-29-53(50)61(54)40-34-35-43-47-25-10-16-32-57(47)63(58-33-17-11-26-48(58)51(43)38-40)55-30-14-8-23-45(55)41-20-4-5-21-42(41)46-24-9-15-31-56(46)63/h1-38H. The summed E-state index contributed by atoms with van der Waals surface area (Å²) < 4.78 is 4.98. The summed E-state index contributed by atoms with van der Waals surface area (Å²) in [5.41, 5.74) is 17.6. The Kier molecular flexibility index (Phi) is 7.17. The summed E-state index contributed by atoms with van der Waals surface area (Å²) >= 11 is 0. The predicted molar refractivity (Wildman–Crippen MR) is 268 cm³/mol. The van der Waals surface area contributed by atoms with E-state index in [4.69, 9.17) is 0 Å². The lowest BCUT2D eigenvalue weighted by molar-refractivity contribution is 1.17. The molecule has 0 radical (unpaired) electrons. The SMILES string of the molecule is c1ccc(-n2c3ccccc3c3ccc4c(c5ccccc5n4-c4ccc5c(c4)-c4ccccc4[Si]4(c6ccccc6-c6ccccc6-c6ccccc64)c4ccccc4-5)c32)cc1. The number of benzene rings is 10. The Morgan fingerprint density at radius 2 is 0.698 bits per heavy atom. The van der Waals surface area contributed by atoms with Gasteiger partial charge in [-0.25, -0.2) is 0 Å². The third-order valence-corrected chi connectivity index (χ3v) is 19.1. The van der Waals surface area contributed by atoms with Gasteiger partial charge in [0.05, 0.1) is 22.1 Å². The Hall–Kier alpha value is -7.98. The molecule has 0 aliphatic carbocycles. The van der Waals surface area contributed by atoms with Crippen LogP contribution in [0.5, 0.6) is 0 Å². The average Bonchev–Trinajstić information content (AvgIpc) is 3.81. The lowest BCUT2D eigenvalue weighted by Gasteiger charge is -2.37. The average molecular weight is 815 g/mol. The lowest BCUT2D eigenvalue weighted by Crippen LogP contribution is -2.75. The maximum Gasteiger partial charge on any atom is 0.182 e. The van der Waals surface area contributed by atoms with Crippen molar-refractivity contribution in [2.45, 2.75) is 0 Å². The fraction of sp³-hybridized carbons (Fsp3) is 0. The van der Waals surface area contributed by atoms with Gasteiger partial charge in [-0.3, -0.25) is 0 Å². The van der Waals surface area contributed by atoms with Crippen molar-refractivity contribution >= 4 is 72.4 Å². The molecule has 292 valence electrons. The van der Waals surface area contributed by atoms with Crippen LogP contribution in [0.3, 0.4) is 0 Å². The third kappa shape index (κ3) is 4.56. The maximum absolute atomic E-state index is 3.01. The van der Waals surface area contributed by atoms with Gasteiger partial charge in [0.25, 0.3) is 0 Å². The van der Waals surface area contributed by atoms with Gasteiger partial charge in [0, 0.05) is 32.9 Å². The molecule has 2 aliphatic heterocycles.